The van der Waals surface area contributed by atoms with Crippen LogP contribution in [0.25, 0.3) is 0 Å². The third-order valence-electron chi connectivity index (χ3n) is 2.96. The van der Waals surface area contributed by atoms with Crippen molar-refractivity contribution in [2.75, 3.05) is 6.54 Å². The number of carboxylic acid groups (broad SMARTS) is 1. The molecule has 0 spiro atoms. The Labute approximate surface area is 94.8 Å². The Bertz CT molecular complexity index is 401. The maximum Gasteiger partial charge on any atom is 0.332 e. The number of aliphatic carboxylic acids is 1. The van der Waals surface area contributed by atoms with Gasteiger partial charge in [0.05, 0.1) is 0 Å². The first-order valence-corrected chi connectivity index (χ1v) is 5.38. The zero-order valence-electron chi connectivity index (χ0n) is 9.07. The van der Waals surface area contributed by atoms with Crippen LogP contribution in [0.1, 0.15) is 11.1 Å². The topological polar surface area (TPSA) is 49.3 Å². The zero-order chi connectivity index (χ0) is 11.5. The molecule has 0 aromatic heterocycles. The van der Waals surface area contributed by atoms with Gasteiger partial charge in [-0.15, -0.1) is 0 Å². The first kappa shape index (κ1) is 10.9. The number of carbonyl (C=O) groups is 1. The SMILES string of the molecule is C=C(CNC1Cc2ccccc2C1)C(=O)O. The Morgan fingerprint density at radius 2 is 1.94 bits per heavy atom. The van der Waals surface area contributed by atoms with Crippen molar-refractivity contribution in [3.63, 3.8) is 0 Å². The molecular weight excluding hydrogens is 202 g/mol. The average Bonchev–Trinajstić information content (AvgIpc) is 2.68. The molecule has 1 aromatic rings. The molecule has 0 heterocycles. The van der Waals surface area contributed by atoms with Gasteiger partial charge in [-0.25, -0.2) is 4.79 Å². The van der Waals surface area contributed by atoms with E-state index < -0.39 is 5.97 Å². The lowest BCUT2D eigenvalue weighted by molar-refractivity contribution is -0.132. The van der Waals surface area contributed by atoms with E-state index in [-0.39, 0.29) is 5.57 Å². The number of rotatable bonds is 4. The Morgan fingerprint density at radius 3 is 2.44 bits per heavy atom. The average molecular weight is 217 g/mol. The van der Waals surface area contributed by atoms with E-state index in [0.717, 1.165) is 12.8 Å². The molecule has 0 radical (unpaired) electrons. The lowest BCUT2D eigenvalue weighted by Crippen LogP contribution is -2.32. The van der Waals surface area contributed by atoms with Gasteiger partial charge >= 0.3 is 5.97 Å². The molecule has 0 amide bonds. The molecule has 2 rings (SSSR count). The molecule has 0 fully saturated rings. The van der Waals surface area contributed by atoms with Crippen molar-refractivity contribution in [3.05, 3.63) is 47.5 Å². The summed E-state index contributed by atoms with van der Waals surface area (Å²) in [4.78, 5) is 10.6. The smallest absolute Gasteiger partial charge is 0.332 e. The lowest BCUT2D eigenvalue weighted by Gasteiger charge is -2.11. The van der Waals surface area contributed by atoms with Gasteiger partial charge in [0, 0.05) is 18.2 Å². The summed E-state index contributed by atoms with van der Waals surface area (Å²) in [6, 6.07) is 8.68. The molecule has 3 heteroatoms. The number of nitrogens with one attached hydrogen (secondary N) is 1. The number of hydrogen-bond acceptors (Lipinski definition) is 2. The van der Waals surface area contributed by atoms with E-state index in [4.69, 9.17) is 5.11 Å². The third-order valence-corrected chi connectivity index (χ3v) is 2.96. The quantitative estimate of drug-likeness (QED) is 0.749. The Balaban J connectivity index is 1.88. The molecule has 0 saturated carbocycles. The van der Waals surface area contributed by atoms with Gasteiger partial charge in [-0.3, -0.25) is 0 Å². The van der Waals surface area contributed by atoms with E-state index >= 15 is 0 Å². The standard InChI is InChI=1S/C13H15NO2/c1-9(13(15)16)8-14-12-6-10-4-2-3-5-11(10)7-12/h2-5,12,14H,1,6-8H2,(H,15,16). The molecular formula is C13H15NO2. The summed E-state index contributed by atoms with van der Waals surface area (Å²) in [6.45, 7) is 3.86. The van der Waals surface area contributed by atoms with Gasteiger partial charge in [0.2, 0.25) is 0 Å². The summed E-state index contributed by atoms with van der Waals surface area (Å²) in [6.07, 6.45) is 1.95. The van der Waals surface area contributed by atoms with Crippen LogP contribution in [0.5, 0.6) is 0 Å². The lowest BCUT2D eigenvalue weighted by atomic mass is 10.1. The van der Waals surface area contributed by atoms with E-state index in [1.165, 1.54) is 11.1 Å². The van der Waals surface area contributed by atoms with E-state index in [1.54, 1.807) is 0 Å². The highest BCUT2D eigenvalue weighted by atomic mass is 16.4. The van der Waals surface area contributed by atoms with Crippen LogP contribution in [0.3, 0.4) is 0 Å². The molecule has 84 valence electrons. The van der Waals surface area contributed by atoms with E-state index in [2.05, 4.69) is 24.0 Å². The van der Waals surface area contributed by atoms with E-state index in [0.29, 0.717) is 12.6 Å². The van der Waals surface area contributed by atoms with E-state index in [9.17, 15) is 4.79 Å². The summed E-state index contributed by atoms with van der Waals surface area (Å²) in [5, 5.41) is 11.9. The fourth-order valence-corrected chi connectivity index (χ4v) is 2.05. The molecule has 1 aromatic carbocycles. The van der Waals surface area contributed by atoms with Gasteiger partial charge in [-0.2, -0.15) is 0 Å². The van der Waals surface area contributed by atoms with Gasteiger partial charge in [0.1, 0.15) is 0 Å². The second kappa shape index (κ2) is 4.49. The van der Waals surface area contributed by atoms with Gasteiger partial charge in [-0.1, -0.05) is 30.8 Å². The van der Waals surface area contributed by atoms with Crippen molar-refractivity contribution in [3.8, 4) is 0 Å². The first-order valence-electron chi connectivity index (χ1n) is 5.38. The van der Waals surface area contributed by atoms with Crippen LogP contribution in [0.2, 0.25) is 0 Å². The Hall–Kier alpha value is -1.61. The summed E-state index contributed by atoms with van der Waals surface area (Å²) in [5.74, 6) is -0.928. The van der Waals surface area contributed by atoms with Crippen molar-refractivity contribution in [2.45, 2.75) is 18.9 Å². The minimum absolute atomic E-state index is 0.218. The van der Waals surface area contributed by atoms with Crippen LogP contribution in [0.15, 0.2) is 36.4 Å². The fraction of sp³-hybridized carbons (Fsp3) is 0.308. The van der Waals surface area contributed by atoms with Gasteiger partial charge in [0.15, 0.2) is 0 Å². The molecule has 0 bridgehead atoms. The minimum atomic E-state index is -0.928. The molecule has 2 N–H and O–H groups in total. The predicted octanol–water partition coefficient (Wildman–Crippen LogP) is 1.38. The number of fused-ring (bicyclic) bond motifs is 1. The largest absolute Gasteiger partial charge is 0.478 e. The molecule has 0 unspecified atom stereocenters. The van der Waals surface area contributed by atoms with Gasteiger partial charge in [-0.05, 0) is 24.0 Å². The Kier molecular flexibility index (Phi) is 3.06. The number of benzene rings is 1. The predicted molar refractivity (Wildman–Crippen MR) is 62.4 cm³/mol. The van der Waals surface area contributed by atoms with Crippen LogP contribution in [-0.2, 0) is 17.6 Å². The molecule has 0 atom stereocenters. The normalized spacial score (nSPS) is 14.8. The summed E-state index contributed by atoms with van der Waals surface area (Å²) < 4.78 is 0. The summed E-state index contributed by atoms with van der Waals surface area (Å²) in [5.41, 5.74) is 2.94. The monoisotopic (exact) mass is 217 g/mol. The van der Waals surface area contributed by atoms with Crippen LogP contribution in [0, 0.1) is 0 Å². The molecule has 1 aliphatic carbocycles. The first-order chi connectivity index (χ1) is 7.66. The highest BCUT2D eigenvalue weighted by molar-refractivity contribution is 5.86. The van der Waals surface area contributed by atoms with Crippen molar-refractivity contribution in [1.82, 2.24) is 5.32 Å². The second-order valence-electron chi connectivity index (χ2n) is 4.16. The van der Waals surface area contributed by atoms with Crippen molar-refractivity contribution in [2.24, 2.45) is 0 Å². The fourth-order valence-electron chi connectivity index (χ4n) is 2.05. The zero-order valence-corrected chi connectivity index (χ0v) is 9.07. The summed E-state index contributed by atoms with van der Waals surface area (Å²) in [7, 11) is 0. The number of carboxylic acids is 1. The third kappa shape index (κ3) is 2.31. The molecule has 0 aliphatic heterocycles. The van der Waals surface area contributed by atoms with Crippen molar-refractivity contribution in [1.29, 1.82) is 0 Å². The molecule has 1 aliphatic rings. The molecule has 16 heavy (non-hydrogen) atoms. The molecule has 0 saturated heterocycles. The maximum absolute atomic E-state index is 10.6. The van der Waals surface area contributed by atoms with Crippen LogP contribution < -0.4 is 5.32 Å². The van der Waals surface area contributed by atoms with Crippen LogP contribution in [0.4, 0.5) is 0 Å². The number of hydrogen-bond donors (Lipinski definition) is 2. The Morgan fingerprint density at radius 1 is 1.38 bits per heavy atom. The van der Waals surface area contributed by atoms with Crippen LogP contribution >= 0.6 is 0 Å². The minimum Gasteiger partial charge on any atom is -0.478 e. The highest BCUT2D eigenvalue weighted by Crippen LogP contribution is 2.21. The second-order valence-corrected chi connectivity index (χ2v) is 4.16. The van der Waals surface area contributed by atoms with Gasteiger partial charge < -0.3 is 10.4 Å². The van der Waals surface area contributed by atoms with Crippen molar-refractivity contribution >= 4 is 5.97 Å². The highest BCUT2D eigenvalue weighted by Gasteiger charge is 2.20. The van der Waals surface area contributed by atoms with Crippen molar-refractivity contribution < 1.29 is 9.90 Å². The van der Waals surface area contributed by atoms with Gasteiger partial charge in [0.25, 0.3) is 0 Å². The summed E-state index contributed by atoms with van der Waals surface area (Å²) >= 11 is 0. The van der Waals surface area contributed by atoms with Crippen LogP contribution in [-0.4, -0.2) is 23.7 Å². The maximum atomic E-state index is 10.6. The van der Waals surface area contributed by atoms with E-state index in [1.807, 2.05) is 12.1 Å². The molecule has 3 nitrogen and oxygen atoms in total.